The van der Waals surface area contributed by atoms with Gasteiger partial charge in [0.2, 0.25) is 5.89 Å². The largest absolute Gasteiger partial charge is 0.339 e. The van der Waals surface area contributed by atoms with E-state index >= 15 is 0 Å². The summed E-state index contributed by atoms with van der Waals surface area (Å²) in [7, 11) is 0. The van der Waals surface area contributed by atoms with E-state index in [1.54, 1.807) is 0 Å². The van der Waals surface area contributed by atoms with E-state index in [0.717, 1.165) is 31.1 Å². The monoisotopic (exact) mass is 211 g/mol. The summed E-state index contributed by atoms with van der Waals surface area (Å²) in [6, 6.07) is 0. The third-order valence-corrected chi connectivity index (χ3v) is 2.29. The SMILES string of the molecule is CCCCCCc1nc(CNCC)no1. The Balaban J connectivity index is 2.20. The Hall–Kier alpha value is -0.900. The van der Waals surface area contributed by atoms with Gasteiger partial charge in [0.15, 0.2) is 5.82 Å². The van der Waals surface area contributed by atoms with Crippen LogP contribution in [0.25, 0.3) is 0 Å². The van der Waals surface area contributed by atoms with Gasteiger partial charge in [0.25, 0.3) is 0 Å². The molecule has 4 heteroatoms. The second-order valence-electron chi connectivity index (χ2n) is 3.70. The molecule has 0 amide bonds. The molecule has 0 fully saturated rings. The Kier molecular flexibility index (Phi) is 6.00. The van der Waals surface area contributed by atoms with E-state index in [-0.39, 0.29) is 0 Å². The van der Waals surface area contributed by atoms with Crippen LogP contribution in [-0.4, -0.2) is 16.7 Å². The molecule has 4 nitrogen and oxygen atoms in total. The van der Waals surface area contributed by atoms with Gasteiger partial charge >= 0.3 is 0 Å². The van der Waals surface area contributed by atoms with Crippen molar-refractivity contribution in [1.29, 1.82) is 0 Å². The molecule has 15 heavy (non-hydrogen) atoms. The lowest BCUT2D eigenvalue weighted by Crippen LogP contribution is -2.12. The highest BCUT2D eigenvalue weighted by atomic mass is 16.5. The van der Waals surface area contributed by atoms with Crippen molar-refractivity contribution in [3.05, 3.63) is 11.7 Å². The highest BCUT2D eigenvalue weighted by Crippen LogP contribution is 2.05. The number of aryl methyl sites for hydroxylation is 1. The van der Waals surface area contributed by atoms with Crippen LogP contribution in [0.15, 0.2) is 4.52 Å². The summed E-state index contributed by atoms with van der Waals surface area (Å²) in [5, 5.41) is 7.07. The first-order chi connectivity index (χ1) is 7.36. The van der Waals surface area contributed by atoms with Crippen LogP contribution in [0.1, 0.15) is 51.2 Å². The van der Waals surface area contributed by atoms with Gasteiger partial charge in [-0.15, -0.1) is 0 Å². The van der Waals surface area contributed by atoms with E-state index in [4.69, 9.17) is 4.52 Å². The maximum atomic E-state index is 5.14. The molecule has 1 rings (SSSR count). The van der Waals surface area contributed by atoms with Crippen LogP contribution < -0.4 is 5.32 Å². The minimum Gasteiger partial charge on any atom is -0.339 e. The average molecular weight is 211 g/mol. The first-order valence-electron chi connectivity index (χ1n) is 5.89. The molecule has 0 spiro atoms. The molecular formula is C11H21N3O. The Labute approximate surface area is 91.5 Å². The molecule has 0 aliphatic carbocycles. The first-order valence-corrected chi connectivity index (χ1v) is 5.89. The number of nitrogens with zero attached hydrogens (tertiary/aromatic N) is 2. The van der Waals surface area contributed by atoms with Gasteiger partial charge in [-0.1, -0.05) is 38.3 Å². The lowest BCUT2D eigenvalue weighted by molar-refractivity contribution is 0.367. The minimum absolute atomic E-state index is 0.703. The van der Waals surface area contributed by atoms with E-state index in [1.807, 2.05) is 0 Å². The first kappa shape index (κ1) is 12.2. The van der Waals surface area contributed by atoms with Crippen molar-refractivity contribution in [3.63, 3.8) is 0 Å². The Bertz CT molecular complexity index is 260. The van der Waals surface area contributed by atoms with Gasteiger partial charge in [-0.05, 0) is 13.0 Å². The molecule has 0 radical (unpaired) electrons. The number of hydrogen-bond donors (Lipinski definition) is 1. The predicted octanol–water partition coefficient (Wildman–Crippen LogP) is 2.30. The van der Waals surface area contributed by atoms with Crippen LogP contribution in [0.2, 0.25) is 0 Å². The van der Waals surface area contributed by atoms with Crippen molar-refractivity contribution in [1.82, 2.24) is 15.5 Å². The van der Waals surface area contributed by atoms with Crippen LogP contribution in [0, 0.1) is 0 Å². The van der Waals surface area contributed by atoms with Gasteiger partial charge in [0.05, 0.1) is 6.54 Å². The molecular weight excluding hydrogens is 190 g/mol. The summed E-state index contributed by atoms with van der Waals surface area (Å²) < 4.78 is 5.14. The van der Waals surface area contributed by atoms with E-state index in [2.05, 4.69) is 29.3 Å². The fourth-order valence-electron chi connectivity index (χ4n) is 1.40. The summed E-state index contributed by atoms with van der Waals surface area (Å²) in [6.45, 7) is 5.91. The molecule has 0 bridgehead atoms. The molecule has 1 aromatic heterocycles. The molecule has 1 N–H and O–H groups in total. The molecule has 0 atom stereocenters. The van der Waals surface area contributed by atoms with Crippen LogP contribution >= 0.6 is 0 Å². The van der Waals surface area contributed by atoms with Crippen molar-refractivity contribution < 1.29 is 4.52 Å². The van der Waals surface area contributed by atoms with Gasteiger partial charge in [-0.2, -0.15) is 4.98 Å². The standard InChI is InChI=1S/C11H21N3O/c1-3-5-6-7-8-11-13-10(14-15-11)9-12-4-2/h12H,3-9H2,1-2H3. The third-order valence-electron chi connectivity index (χ3n) is 2.29. The zero-order valence-electron chi connectivity index (χ0n) is 9.75. The predicted molar refractivity (Wildman–Crippen MR) is 59.5 cm³/mol. The number of hydrogen-bond acceptors (Lipinski definition) is 4. The van der Waals surface area contributed by atoms with E-state index < -0.39 is 0 Å². The minimum atomic E-state index is 0.703. The highest BCUT2D eigenvalue weighted by molar-refractivity contribution is 4.85. The highest BCUT2D eigenvalue weighted by Gasteiger charge is 2.04. The molecule has 1 aromatic rings. The summed E-state index contributed by atoms with van der Waals surface area (Å²) in [6.07, 6.45) is 5.87. The molecule has 0 saturated heterocycles. The lowest BCUT2D eigenvalue weighted by atomic mass is 10.1. The van der Waals surface area contributed by atoms with Gasteiger partial charge in [-0.25, -0.2) is 0 Å². The molecule has 0 saturated carbocycles. The molecule has 0 aliphatic rings. The number of unbranched alkanes of at least 4 members (excludes halogenated alkanes) is 3. The van der Waals surface area contributed by atoms with Crippen LogP contribution in [0.5, 0.6) is 0 Å². The summed E-state index contributed by atoms with van der Waals surface area (Å²) in [5.74, 6) is 1.54. The van der Waals surface area contributed by atoms with E-state index in [9.17, 15) is 0 Å². The van der Waals surface area contributed by atoms with Gasteiger partial charge in [-0.3, -0.25) is 0 Å². The van der Waals surface area contributed by atoms with Gasteiger partial charge in [0, 0.05) is 6.42 Å². The van der Waals surface area contributed by atoms with Gasteiger partial charge < -0.3 is 9.84 Å². The average Bonchev–Trinajstić information content (AvgIpc) is 2.69. The zero-order chi connectivity index (χ0) is 10.9. The topological polar surface area (TPSA) is 51.0 Å². The molecule has 0 unspecified atom stereocenters. The maximum Gasteiger partial charge on any atom is 0.226 e. The fourth-order valence-corrected chi connectivity index (χ4v) is 1.40. The summed E-state index contributed by atoms with van der Waals surface area (Å²) in [5.41, 5.74) is 0. The normalized spacial score (nSPS) is 10.8. The fraction of sp³-hybridized carbons (Fsp3) is 0.818. The van der Waals surface area contributed by atoms with Crippen molar-refractivity contribution in [2.75, 3.05) is 6.54 Å². The van der Waals surface area contributed by atoms with Crippen LogP contribution in [0.3, 0.4) is 0 Å². The lowest BCUT2D eigenvalue weighted by Gasteiger charge is -1.94. The smallest absolute Gasteiger partial charge is 0.226 e. The number of rotatable bonds is 8. The van der Waals surface area contributed by atoms with Crippen molar-refractivity contribution >= 4 is 0 Å². The quantitative estimate of drug-likeness (QED) is 0.670. The summed E-state index contributed by atoms with van der Waals surface area (Å²) in [4.78, 5) is 4.31. The second-order valence-corrected chi connectivity index (χ2v) is 3.70. The molecule has 0 aliphatic heterocycles. The van der Waals surface area contributed by atoms with Crippen molar-refractivity contribution in [2.24, 2.45) is 0 Å². The Morgan fingerprint density at radius 1 is 1.20 bits per heavy atom. The second kappa shape index (κ2) is 7.40. The van der Waals surface area contributed by atoms with Crippen molar-refractivity contribution in [2.45, 2.75) is 52.5 Å². The maximum absolute atomic E-state index is 5.14. The molecule has 86 valence electrons. The molecule has 1 heterocycles. The van der Waals surface area contributed by atoms with Crippen LogP contribution in [0.4, 0.5) is 0 Å². The van der Waals surface area contributed by atoms with E-state index in [0.29, 0.717) is 6.54 Å². The van der Waals surface area contributed by atoms with Crippen molar-refractivity contribution in [3.8, 4) is 0 Å². The van der Waals surface area contributed by atoms with Crippen LogP contribution in [-0.2, 0) is 13.0 Å². The van der Waals surface area contributed by atoms with E-state index in [1.165, 1.54) is 19.3 Å². The Morgan fingerprint density at radius 3 is 2.80 bits per heavy atom. The number of aromatic nitrogens is 2. The third kappa shape index (κ3) is 4.93. The number of nitrogens with one attached hydrogen (secondary N) is 1. The Morgan fingerprint density at radius 2 is 2.07 bits per heavy atom. The van der Waals surface area contributed by atoms with Gasteiger partial charge in [0.1, 0.15) is 0 Å². The summed E-state index contributed by atoms with van der Waals surface area (Å²) >= 11 is 0. The molecule has 0 aromatic carbocycles. The zero-order valence-corrected chi connectivity index (χ0v) is 9.75.